The topological polar surface area (TPSA) is 96.0 Å². The summed E-state index contributed by atoms with van der Waals surface area (Å²) in [5.74, 6) is 0.0582. The van der Waals surface area contributed by atoms with Gasteiger partial charge in [0.1, 0.15) is 5.60 Å². The molecule has 1 N–H and O–H groups in total. The van der Waals surface area contributed by atoms with Crippen LogP contribution in [0.4, 0.5) is 4.79 Å². The number of nitrogens with one attached hydrogen (secondary N) is 1. The Kier molecular flexibility index (Phi) is 7.79. The minimum atomic E-state index is -3.67. The Morgan fingerprint density at radius 1 is 1.00 bits per heavy atom. The Morgan fingerprint density at radius 2 is 1.59 bits per heavy atom. The van der Waals surface area contributed by atoms with Crippen molar-refractivity contribution in [2.24, 2.45) is 5.41 Å². The second-order valence-corrected chi connectivity index (χ2v) is 13.7. The van der Waals surface area contributed by atoms with E-state index in [0.29, 0.717) is 43.8 Å². The highest BCUT2D eigenvalue weighted by Gasteiger charge is 2.42. The molecule has 0 unspecified atom stereocenters. The normalized spacial score (nSPS) is 23.6. The van der Waals surface area contributed by atoms with Crippen molar-refractivity contribution >= 4 is 44.4 Å². The highest BCUT2D eigenvalue weighted by atomic mass is 35.5. The molecule has 1 saturated heterocycles. The Balaban J connectivity index is 1.33. The molecule has 37 heavy (non-hydrogen) atoms. The molecule has 202 valence electrons. The monoisotopic (exact) mass is 549 g/mol. The Morgan fingerprint density at radius 3 is 2.22 bits per heavy atom. The van der Waals surface area contributed by atoms with Crippen molar-refractivity contribution in [1.82, 2.24) is 14.5 Å². The molecular weight excluding hydrogens is 514 g/mol. The van der Waals surface area contributed by atoms with Crippen molar-refractivity contribution < 1.29 is 22.7 Å². The average molecular weight is 550 g/mol. The molecule has 0 radical (unpaired) electrons. The number of carbonyl (C=O) groups excluding carboxylic acids is 2. The first kappa shape index (κ1) is 27.7. The van der Waals surface area contributed by atoms with Crippen molar-refractivity contribution in [3.05, 3.63) is 41.4 Å². The van der Waals surface area contributed by atoms with Crippen molar-refractivity contribution in [3.63, 3.8) is 0 Å². The summed E-state index contributed by atoms with van der Waals surface area (Å²) in [6, 6.07) is 10.4. The zero-order valence-electron chi connectivity index (χ0n) is 21.9. The van der Waals surface area contributed by atoms with E-state index in [1.807, 2.05) is 33.8 Å². The number of amides is 2. The van der Waals surface area contributed by atoms with E-state index in [9.17, 15) is 18.0 Å². The predicted molar refractivity (Wildman–Crippen MR) is 144 cm³/mol. The molecule has 2 aromatic carbocycles. The van der Waals surface area contributed by atoms with Crippen LogP contribution in [0.25, 0.3) is 10.8 Å². The molecular formula is C27H36ClN3O5S. The van der Waals surface area contributed by atoms with Crippen LogP contribution in [0.3, 0.4) is 0 Å². The molecule has 1 aliphatic carbocycles. The van der Waals surface area contributed by atoms with Gasteiger partial charge in [-0.05, 0) is 81.5 Å². The third-order valence-electron chi connectivity index (χ3n) is 7.26. The molecule has 0 spiro atoms. The molecule has 1 aliphatic heterocycles. The number of hydrogen-bond acceptors (Lipinski definition) is 5. The quantitative estimate of drug-likeness (QED) is 0.591. The van der Waals surface area contributed by atoms with Gasteiger partial charge < -0.3 is 15.0 Å². The van der Waals surface area contributed by atoms with Crippen LogP contribution in [0.15, 0.2) is 41.3 Å². The van der Waals surface area contributed by atoms with Crippen molar-refractivity contribution in [2.45, 2.75) is 69.9 Å². The third-order valence-corrected chi connectivity index (χ3v) is 9.39. The number of ether oxygens (including phenoxy) is 1. The summed E-state index contributed by atoms with van der Waals surface area (Å²) < 4.78 is 33.4. The van der Waals surface area contributed by atoms with E-state index in [4.69, 9.17) is 16.3 Å². The summed E-state index contributed by atoms with van der Waals surface area (Å²) in [7, 11) is -3.67. The van der Waals surface area contributed by atoms with Gasteiger partial charge in [-0.1, -0.05) is 30.7 Å². The molecule has 8 nitrogen and oxygen atoms in total. The van der Waals surface area contributed by atoms with Gasteiger partial charge in [0.15, 0.2) is 0 Å². The van der Waals surface area contributed by atoms with Gasteiger partial charge in [-0.2, -0.15) is 4.31 Å². The molecule has 2 aliphatic rings. The molecule has 0 aromatic heterocycles. The number of fused-ring (bicyclic) bond motifs is 1. The van der Waals surface area contributed by atoms with Crippen LogP contribution in [-0.2, 0) is 19.6 Å². The van der Waals surface area contributed by atoms with Crippen LogP contribution < -0.4 is 5.32 Å². The van der Waals surface area contributed by atoms with Crippen molar-refractivity contribution in [3.8, 4) is 0 Å². The fourth-order valence-corrected chi connectivity index (χ4v) is 6.74. The van der Waals surface area contributed by atoms with Gasteiger partial charge in [-0.3, -0.25) is 4.79 Å². The highest BCUT2D eigenvalue weighted by Crippen LogP contribution is 2.38. The first-order valence-electron chi connectivity index (χ1n) is 12.8. The van der Waals surface area contributed by atoms with E-state index >= 15 is 0 Å². The molecule has 0 atom stereocenters. The second kappa shape index (κ2) is 10.4. The maximum Gasteiger partial charge on any atom is 0.407 e. The minimum Gasteiger partial charge on any atom is -0.444 e. The summed E-state index contributed by atoms with van der Waals surface area (Å²) in [6.07, 6.45) is 2.28. The molecule has 0 bridgehead atoms. The number of piperazine rings is 1. The Hall–Kier alpha value is -2.36. The number of rotatable bonds is 4. The zero-order valence-corrected chi connectivity index (χ0v) is 23.5. The molecule has 1 heterocycles. The number of nitrogens with zero attached hydrogens (tertiary/aromatic N) is 2. The number of alkyl carbamates (subject to hydrolysis) is 1. The lowest BCUT2D eigenvalue weighted by Crippen LogP contribution is -2.55. The number of carbonyl (C=O) groups is 2. The van der Waals surface area contributed by atoms with Crippen LogP contribution in [0, 0.1) is 5.41 Å². The molecule has 4 rings (SSSR count). The number of sulfonamides is 1. The molecule has 2 aromatic rings. The van der Waals surface area contributed by atoms with E-state index in [1.165, 1.54) is 4.31 Å². The van der Waals surface area contributed by atoms with E-state index in [-0.39, 0.29) is 29.9 Å². The lowest BCUT2D eigenvalue weighted by Gasteiger charge is -2.42. The number of hydrogen-bond donors (Lipinski definition) is 1. The summed E-state index contributed by atoms with van der Waals surface area (Å²) in [5.41, 5.74) is -1.08. The van der Waals surface area contributed by atoms with E-state index in [2.05, 4.69) is 5.32 Å². The van der Waals surface area contributed by atoms with E-state index in [0.717, 1.165) is 10.8 Å². The van der Waals surface area contributed by atoms with Gasteiger partial charge >= 0.3 is 6.09 Å². The highest BCUT2D eigenvalue weighted by molar-refractivity contribution is 7.89. The maximum absolute atomic E-state index is 13.4. The van der Waals surface area contributed by atoms with Gasteiger partial charge in [-0.25, -0.2) is 13.2 Å². The van der Waals surface area contributed by atoms with Gasteiger partial charge in [0.05, 0.1) is 4.90 Å². The summed E-state index contributed by atoms with van der Waals surface area (Å²) in [5, 5.41) is 5.21. The average Bonchev–Trinajstić information content (AvgIpc) is 2.83. The summed E-state index contributed by atoms with van der Waals surface area (Å²) in [6.45, 7) is 8.68. The minimum absolute atomic E-state index is 0.0179. The standard InChI is InChI=1S/C27H36ClN3O5S/c1-26(2,3)36-25(33)29-22-9-11-27(4,12-10-22)24(32)30-13-15-31(16-14-30)37(34,35)23-8-6-19-17-21(28)7-5-20(19)18-23/h5-8,17-18,22H,9-16H2,1-4H3,(H,29,33). The molecule has 1 saturated carbocycles. The van der Waals surface area contributed by atoms with Crippen LogP contribution >= 0.6 is 11.6 Å². The second-order valence-electron chi connectivity index (χ2n) is 11.3. The van der Waals surface area contributed by atoms with Crippen LogP contribution in [-0.4, -0.2) is 67.4 Å². The number of halogens is 1. The van der Waals surface area contributed by atoms with Gasteiger partial charge in [0, 0.05) is 42.7 Å². The molecule has 2 amide bonds. The molecule has 10 heteroatoms. The van der Waals surface area contributed by atoms with Gasteiger partial charge in [0.2, 0.25) is 15.9 Å². The van der Waals surface area contributed by atoms with E-state index in [1.54, 1.807) is 35.2 Å². The van der Waals surface area contributed by atoms with Gasteiger partial charge in [-0.15, -0.1) is 0 Å². The third kappa shape index (κ3) is 6.38. The largest absolute Gasteiger partial charge is 0.444 e. The van der Waals surface area contributed by atoms with Crippen LogP contribution in [0.2, 0.25) is 5.02 Å². The fraction of sp³-hybridized carbons (Fsp3) is 0.556. The number of benzene rings is 2. The lowest BCUT2D eigenvalue weighted by atomic mass is 9.73. The van der Waals surface area contributed by atoms with Crippen LogP contribution in [0.5, 0.6) is 0 Å². The van der Waals surface area contributed by atoms with Crippen molar-refractivity contribution in [2.75, 3.05) is 26.2 Å². The Bertz CT molecular complexity index is 1270. The maximum atomic E-state index is 13.4. The zero-order chi connectivity index (χ0) is 27.0. The predicted octanol–water partition coefficient (Wildman–Crippen LogP) is 4.80. The lowest BCUT2D eigenvalue weighted by molar-refractivity contribution is -0.144. The van der Waals surface area contributed by atoms with Crippen LogP contribution in [0.1, 0.15) is 53.4 Å². The smallest absolute Gasteiger partial charge is 0.407 e. The first-order chi connectivity index (χ1) is 17.3. The first-order valence-corrected chi connectivity index (χ1v) is 14.6. The Labute approximate surface area is 224 Å². The van der Waals surface area contributed by atoms with Crippen molar-refractivity contribution in [1.29, 1.82) is 0 Å². The summed E-state index contributed by atoms with van der Waals surface area (Å²) in [4.78, 5) is 27.5. The molecule has 2 fully saturated rings. The SMILES string of the molecule is CC(C)(C)OC(=O)NC1CCC(C)(C(=O)N2CCN(S(=O)(=O)c3ccc4cc(Cl)ccc4c3)CC2)CC1. The fourth-order valence-electron chi connectivity index (χ4n) is 5.10. The van der Waals surface area contributed by atoms with Gasteiger partial charge in [0.25, 0.3) is 0 Å². The van der Waals surface area contributed by atoms with E-state index < -0.39 is 27.1 Å². The summed E-state index contributed by atoms with van der Waals surface area (Å²) >= 11 is 6.04.